The van der Waals surface area contributed by atoms with E-state index in [1.807, 2.05) is 0 Å². The van der Waals surface area contributed by atoms with Crippen LogP contribution in [0.4, 0.5) is 5.69 Å². The lowest BCUT2D eigenvalue weighted by molar-refractivity contribution is 0.0690. The minimum atomic E-state index is -1.10. The summed E-state index contributed by atoms with van der Waals surface area (Å²) in [4.78, 5) is 30.6. The molecule has 2 N–H and O–H groups in total. The molecular weight excluding hydrogens is 234 g/mol. The molecule has 0 aliphatic rings. The maximum absolute atomic E-state index is 12.0. The predicted octanol–water partition coefficient (Wildman–Crippen LogP) is 1.38. The molecule has 92 valence electrons. The smallest absolute Gasteiger partial charge is 0.354 e. The third-order valence-corrected chi connectivity index (χ3v) is 2.50. The van der Waals surface area contributed by atoms with Crippen molar-refractivity contribution in [1.29, 1.82) is 0 Å². The first kappa shape index (κ1) is 11.8. The van der Waals surface area contributed by atoms with E-state index in [9.17, 15) is 9.59 Å². The molecular formula is C12H11N3O3. The predicted molar refractivity (Wildman–Crippen MR) is 64.7 cm³/mol. The van der Waals surface area contributed by atoms with E-state index in [1.54, 1.807) is 31.6 Å². The fourth-order valence-electron chi connectivity index (χ4n) is 1.48. The number of pyridine rings is 1. The van der Waals surface area contributed by atoms with Crippen LogP contribution in [-0.4, -0.2) is 34.0 Å². The Morgan fingerprint density at radius 2 is 2.11 bits per heavy atom. The number of aromatic nitrogens is 2. The number of hydrogen-bond donors (Lipinski definition) is 2. The van der Waals surface area contributed by atoms with E-state index in [1.165, 1.54) is 17.2 Å². The molecule has 0 unspecified atom stereocenters. The number of carbonyl (C=O) groups excluding carboxylic acids is 1. The molecule has 2 rings (SSSR count). The van der Waals surface area contributed by atoms with Crippen molar-refractivity contribution in [2.75, 3.05) is 11.9 Å². The number of nitrogens with one attached hydrogen (secondary N) is 1. The Hall–Kier alpha value is -2.63. The second-order valence-corrected chi connectivity index (χ2v) is 3.67. The topological polar surface area (TPSA) is 86.3 Å². The van der Waals surface area contributed by atoms with Gasteiger partial charge in [-0.3, -0.25) is 4.79 Å². The van der Waals surface area contributed by atoms with E-state index < -0.39 is 5.97 Å². The Kier molecular flexibility index (Phi) is 3.09. The van der Waals surface area contributed by atoms with Gasteiger partial charge in [0, 0.05) is 19.4 Å². The minimum absolute atomic E-state index is 0.0544. The number of anilines is 1. The number of aromatic amines is 1. The van der Waals surface area contributed by atoms with E-state index in [4.69, 9.17) is 5.11 Å². The Bertz CT molecular complexity index is 561. The van der Waals surface area contributed by atoms with Gasteiger partial charge in [-0.1, -0.05) is 0 Å². The maximum Gasteiger partial charge on any atom is 0.354 e. The average Bonchev–Trinajstić information content (AvgIpc) is 2.91. The zero-order valence-corrected chi connectivity index (χ0v) is 9.62. The summed E-state index contributed by atoms with van der Waals surface area (Å²) in [6, 6.07) is 4.57. The number of carbonyl (C=O) groups is 2. The molecule has 2 aromatic heterocycles. The van der Waals surface area contributed by atoms with Gasteiger partial charge in [-0.2, -0.15) is 0 Å². The molecule has 0 aromatic carbocycles. The quantitative estimate of drug-likeness (QED) is 0.855. The largest absolute Gasteiger partial charge is 0.477 e. The molecule has 0 aliphatic heterocycles. The fourth-order valence-corrected chi connectivity index (χ4v) is 1.48. The molecule has 0 radical (unpaired) electrons. The average molecular weight is 245 g/mol. The molecule has 18 heavy (non-hydrogen) atoms. The summed E-state index contributed by atoms with van der Waals surface area (Å²) < 4.78 is 0. The Balaban J connectivity index is 2.21. The Labute approximate surface area is 103 Å². The van der Waals surface area contributed by atoms with Crippen LogP contribution in [0.15, 0.2) is 36.8 Å². The van der Waals surface area contributed by atoms with Crippen molar-refractivity contribution in [1.82, 2.24) is 9.97 Å². The molecule has 0 spiro atoms. The number of aromatic carboxylic acids is 1. The van der Waals surface area contributed by atoms with Crippen molar-refractivity contribution in [3.63, 3.8) is 0 Å². The molecule has 2 aromatic rings. The third kappa shape index (κ3) is 2.22. The van der Waals surface area contributed by atoms with Gasteiger partial charge in [-0.05, 0) is 18.2 Å². The summed E-state index contributed by atoms with van der Waals surface area (Å²) in [6.07, 6.45) is 4.61. The molecule has 1 amide bonds. The van der Waals surface area contributed by atoms with Gasteiger partial charge in [0.2, 0.25) is 0 Å². The van der Waals surface area contributed by atoms with Crippen molar-refractivity contribution in [3.05, 3.63) is 48.0 Å². The van der Waals surface area contributed by atoms with Crippen LogP contribution >= 0.6 is 0 Å². The van der Waals surface area contributed by atoms with Crippen LogP contribution in [-0.2, 0) is 0 Å². The highest BCUT2D eigenvalue weighted by Gasteiger charge is 2.14. The van der Waals surface area contributed by atoms with E-state index in [0.717, 1.165) is 0 Å². The van der Waals surface area contributed by atoms with Crippen molar-refractivity contribution in [3.8, 4) is 0 Å². The van der Waals surface area contributed by atoms with Crippen LogP contribution in [0.5, 0.6) is 0 Å². The van der Waals surface area contributed by atoms with Crippen molar-refractivity contribution in [2.45, 2.75) is 0 Å². The minimum Gasteiger partial charge on any atom is -0.477 e. The molecule has 0 fully saturated rings. The van der Waals surface area contributed by atoms with E-state index in [2.05, 4.69) is 9.97 Å². The van der Waals surface area contributed by atoms with Gasteiger partial charge in [0.1, 0.15) is 5.69 Å². The van der Waals surface area contributed by atoms with Gasteiger partial charge in [-0.25, -0.2) is 9.78 Å². The van der Waals surface area contributed by atoms with Crippen molar-refractivity contribution >= 4 is 17.6 Å². The van der Waals surface area contributed by atoms with Crippen LogP contribution in [0, 0.1) is 0 Å². The molecule has 0 aliphatic carbocycles. The van der Waals surface area contributed by atoms with Crippen LogP contribution < -0.4 is 4.90 Å². The first-order valence-corrected chi connectivity index (χ1v) is 5.20. The summed E-state index contributed by atoms with van der Waals surface area (Å²) >= 11 is 0. The van der Waals surface area contributed by atoms with Gasteiger partial charge >= 0.3 is 5.97 Å². The van der Waals surface area contributed by atoms with E-state index in [0.29, 0.717) is 11.3 Å². The summed E-state index contributed by atoms with van der Waals surface area (Å²) in [6.45, 7) is 0. The standard InChI is InChI=1S/C12H11N3O3/c1-15(11(16)8-4-5-13-6-8)9-2-3-10(12(17)18)14-7-9/h2-7,13H,1H3,(H,17,18). The first-order valence-electron chi connectivity index (χ1n) is 5.20. The third-order valence-electron chi connectivity index (χ3n) is 2.50. The van der Waals surface area contributed by atoms with Gasteiger partial charge in [-0.15, -0.1) is 0 Å². The second-order valence-electron chi connectivity index (χ2n) is 3.67. The van der Waals surface area contributed by atoms with Crippen LogP contribution in [0.2, 0.25) is 0 Å². The molecule has 6 heteroatoms. The highest BCUT2D eigenvalue weighted by Crippen LogP contribution is 2.14. The number of H-pyrrole nitrogens is 1. The fraction of sp³-hybridized carbons (Fsp3) is 0.0833. The van der Waals surface area contributed by atoms with Gasteiger partial charge in [0.25, 0.3) is 5.91 Å². The Morgan fingerprint density at radius 3 is 2.61 bits per heavy atom. The zero-order valence-electron chi connectivity index (χ0n) is 9.62. The number of rotatable bonds is 3. The van der Waals surface area contributed by atoms with Gasteiger partial charge in [0.15, 0.2) is 0 Å². The lowest BCUT2D eigenvalue weighted by atomic mass is 10.2. The SMILES string of the molecule is CN(C(=O)c1cc[nH]c1)c1ccc(C(=O)O)nc1. The van der Waals surface area contributed by atoms with E-state index >= 15 is 0 Å². The highest BCUT2D eigenvalue weighted by atomic mass is 16.4. The number of hydrogen-bond acceptors (Lipinski definition) is 3. The number of carboxylic acids is 1. The van der Waals surface area contributed by atoms with Gasteiger partial charge < -0.3 is 15.0 Å². The molecule has 0 saturated carbocycles. The lowest BCUT2D eigenvalue weighted by Gasteiger charge is -2.16. The highest BCUT2D eigenvalue weighted by molar-refractivity contribution is 6.05. The number of amides is 1. The summed E-state index contributed by atoms with van der Waals surface area (Å²) in [5, 5.41) is 8.73. The second kappa shape index (κ2) is 4.70. The molecule has 0 saturated heterocycles. The Morgan fingerprint density at radius 1 is 1.33 bits per heavy atom. The molecule has 2 heterocycles. The summed E-state index contributed by atoms with van der Waals surface area (Å²) in [5.74, 6) is -1.29. The number of carboxylic acid groups (broad SMARTS) is 1. The number of nitrogens with zero attached hydrogens (tertiary/aromatic N) is 2. The van der Waals surface area contributed by atoms with E-state index in [-0.39, 0.29) is 11.6 Å². The zero-order chi connectivity index (χ0) is 13.1. The normalized spacial score (nSPS) is 10.1. The van der Waals surface area contributed by atoms with Crippen LogP contribution in [0.3, 0.4) is 0 Å². The lowest BCUT2D eigenvalue weighted by Crippen LogP contribution is -2.26. The van der Waals surface area contributed by atoms with Crippen LogP contribution in [0.1, 0.15) is 20.8 Å². The first-order chi connectivity index (χ1) is 8.59. The monoisotopic (exact) mass is 245 g/mol. The maximum atomic E-state index is 12.0. The van der Waals surface area contributed by atoms with Crippen molar-refractivity contribution < 1.29 is 14.7 Å². The summed E-state index contributed by atoms with van der Waals surface area (Å²) in [7, 11) is 1.60. The van der Waals surface area contributed by atoms with Crippen LogP contribution in [0.25, 0.3) is 0 Å². The molecule has 0 atom stereocenters. The summed E-state index contributed by atoms with van der Waals surface area (Å²) in [5.41, 5.74) is 1.01. The molecule has 6 nitrogen and oxygen atoms in total. The van der Waals surface area contributed by atoms with Gasteiger partial charge in [0.05, 0.1) is 17.4 Å². The van der Waals surface area contributed by atoms with Crippen molar-refractivity contribution in [2.24, 2.45) is 0 Å². The molecule has 0 bridgehead atoms.